The molecule has 31 heavy (non-hydrogen) atoms. The fraction of sp³-hybridized carbons (Fsp3) is 0.391. The van der Waals surface area contributed by atoms with E-state index in [1.165, 1.54) is 6.07 Å². The van der Waals surface area contributed by atoms with Crippen molar-refractivity contribution in [2.24, 2.45) is 5.92 Å². The van der Waals surface area contributed by atoms with Gasteiger partial charge in [0.15, 0.2) is 0 Å². The second-order valence-corrected chi connectivity index (χ2v) is 7.76. The largest absolute Gasteiger partial charge is 0.362 e. The summed E-state index contributed by atoms with van der Waals surface area (Å²) in [4.78, 5) is 40.5. The maximum Gasteiger partial charge on any atom is 0.292 e. The van der Waals surface area contributed by atoms with Gasteiger partial charge in [0, 0.05) is 37.8 Å². The van der Waals surface area contributed by atoms with Crippen LogP contribution in [0.5, 0.6) is 0 Å². The lowest BCUT2D eigenvalue weighted by Gasteiger charge is -2.38. The SMILES string of the molecule is CCC(C)C(NC(=O)c1ccccc1)C(=O)N1CCN(c2ccccc2[N+](=O)[O-])CC1. The summed E-state index contributed by atoms with van der Waals surface area (Å²) in [6.07, 6.45) is 0.752. The highest BCUT2D eigenvalue weighted by atomic mass is 16.6. The molecule has 2 amide bonds. The average molecular weight is 425 g/mol. The van der Waals surface area contributed by atoms with Crippen LogP contribution >= 0.6 is 0 Å². The number of nitro benzene ring substituents is 1. The Bertz CT molecular complexity index is 926. The summed E-state index contributed by atoms with van der Waals surface area (Å²) in [6, 6.07) is 14.9. The molecule has 2 atom stereocenters. The normalized spacial score (nSPS) is 15.8. The molecule has 1 saturated heterocycles. The van der Waals surface area contributed by atoms with E-state index in [0.29, 0.717) is 37.4 Å². The van der Waals surface area contributed by atoms with E-state index >= 15 is 0 Å². The van der Waals surface area contributed by atoms with Gasteiger partial charge in [0.05, 0.1) is 4.92 Å². The van der Waals surface area contributed by atoms with Gasteiger partial charge in [-0.1, -0.05) is 50.6 Å². The first-order chi connectivity index (χ1) is 14.9. The Morgan fingerprint density at radius 1 is 1.03 bits per heavy atom. The van der Waals surface area contributed by atoms with Gasteiger partial charge in [-0.15, -0.1) is 0 Å². The highest BCUT2D eigenvalue weighted by Gasteiger charge is 2.33. The average Bonchev–Trinajstić information content (AvgIpc) is 2.82. The van der Waals surface area contributed by atoms with Gasteiger partial charge in [-0.3, -0.25) is 19.7 Å². The number of nitrogens with zero attached hydrogens (tertiary/aromatic N) is 3. The zero-order valence-corrected chi connectivity index (χ0v) is 17.9. The van der Waals surface area contributed by atoms with Crippen LogP contribution in [-0.2, 0) is 4.79 Å². The molecule has 1 heterocycles. The van der Waals surface area contributed by atoms with E-state index in [1.54, 1.807) is 47.4 Å². The first-order valence-corrected chi connectivity index (χ1v) is 10.6. The molecule has 0 saturated carbocycles. The standard InChI is InChI=1S/C23H28N4O4/c1-3-17(2)21(24-22(28)18-9-5-4-6-10-18)23(29)26-15-13-25(14-16-26)19-11-7-8-12-20(19)27(30)31/h4-12,17,21H,3,13-16H2,1-2H3,(H,24,28). The summed E-state index contributed by atoms with van der Waals surface area (Å²) in [5.41, 5.74) is 1.15. The Balaban J connectivity index is 1.68. The Kier molecular flexibility index (Phi) is 7.23. The van der Waals surface area contributed by atoms with Crippen molar-refractivity contribution in [1.82, 2.24) is 10.2 Å². The zero-order valence-electron chi connectivity index (χ0n) is 17.9. The van der Waals surface area contributed by atoms with E-state index in [4.69, 9.17) is 0 Å². The van der Waals surface area contributed by atoms with Gasteiger partial charge in [0.1, 0.15) is 11.7 Å². The number of amides is 2. The number of hydrogen-bond acceptors (Lipinski definition) is 5. The monoisotopic (exact) mass is 424 g/mol. The molecule has 0 aromatic heterocycles. The van der Waals surface area contributed by atoms with Crippen molar-refractivity contribution in [3.63, 3.8) is 0 Å². The topological polar surface area (TPSA) is 95.8 Å². The van der Waals surface area contributed by atoms with Crippen LogP contribution in [0, 0.1) is 16.0 Å². The van der Waals surface area contributed by atoms with Crippen LogP contribution in [0.4, 0.5) is 11.4 Å². The van der Waals surface area contributed by atoms with Gasteiger partial charge >= 0.3 is 0 Å². The van der Waals surface area contributed by atoms with Crippen molar-refractivity contribution in [3.8, 4) is 0 Å². The quantitative estimate of drug-likeness (QED) is 0.544. The van der Waals surface area contributed by atoms with Gasteiger partial charge in [0.25, 0.3) is 11.6 Å². The molecule has 2 unspecified atom stereocenters. The molecule has 1 aliphatic rings. The van der Waals surface area contributed by atoms with Gasteiger partial charge < -0.3 is 15.1 Å². The first kappa shape index (κ1) is 22.3. The minimum absolute atomic E-state index is 0.0200. The van der Waals surface area contributed by atoms with Crippen LogP contribution < -0.4 is 10.2 Å². The van der Waals surface area contributed by atoms with Crippen molar-refractivity contribution >= 4 is 23.2 Å². The number of anilines is 1. The fourth-order valence-electron chi connectivity index (χ4n) is 3.75. The highest BCUT2D eigenvalue weighted by molar-refractivity contribution is 5.97. The Morgan fingerprint density at radius 2 is 1.65 bits per heavy atom. The second-order valence-electron chi connectivity index (χ2n) is 7.76. The van der Waals surface area contributed by atoms with Crippen LogP contribution in [0.2, 0.25) is 0 Å². The number of para-hydroxylation sites is 2. The van der Waals surface area contributed by atoms with E-state index in [1.807, 2.05) is 24.8 Å². The molecule has 2 aromatic carbocycles. The number of rotatable bonds is 7. The molecule has 164 valence electrons. The predicted molar refractivity (Wildman–Crippen MR) is 119 cm³/mol. The lowest BCUT2D eigenvalue weighted by molar-refractivity contribution is -0.384. The molecule has 8 heteroatoms. The molecule has 0 spiro atoms. The van der Waals surface area contributed by atoms with Crippen molar-refractivity contribution in [2.45, 2.75) is 26.3 Å². The molecule has 8 nitrogen and oxygen atoms in total. The van der Waals surface area contributed by atoms with E-state index in [2.05, 4.69) is 5.32 Å². The molecule has 0 aliphatic carbocycles. The van der Waals surface area contributed by atoms with Gasteiger partial charge in [-0.2, -0.15) is 0 Å². The van der Waals surface area contributed by atoms with E-state index in [9.17, 15) is 19.7 Å². The minimum Gasteiger partial charge on any atom is -0.362 e. The summed E-state index contributed by atoms with van der Waals surface area (Å²) in [6.45, 7) is 5.83. The third-order valence-corrected chi connectivity index (χ3v) is 5.81. The third-order valence-electron chi connectivity index (χ3n) is 5.81. The molecule has 0 bridgehead atoms. The van der Waals surface area contributed by atoms with Gasteiger partial charge in [-0.25, -0.2) is 0 Å². The molecule has 1 fully saturated rings. The Hall–Kier alpha value is -3.42. The molecule has 0 radical (unpaired) electrons. The zero-order chi connectivity index (χ0) is 22.4. The maximum absolute atomic E-state index is 13.3. The number of carbonyl (C=O) groups is 2. The molecular formula is C23H28N4O4. The molecule has 2 aromatic rings. The summed E-state index contributed by atoms with van der Waals surface area (Å²) in [7, 11) is 0. The van der Waals surface area contributed by atoms with Gasteiger partial charge in [-0.05, 0) is 24.1 Å². The van der Waals surface area contributed by atoms with Gasteiger partial charge in [0.2, 0.25) is 5.91 Å². The maximum atomic E-state index is 13.3. The molecule has 1 N–H and O–H groups in total. The van der Waals surface area contributed by atoms with Crippen molar-refractivity contribution in [1.29, 1.82) is 0 Å². The van der Waals surface area contributed by atoms with Crippen molar-refractivity contribution < 1.29 is 14.5 Å². The lowest BCUT2D eigenvalue weighted by atomic mass is 9.97. The smallest absolute Gasteiger partial charge is 0.292 e. The summed E-state index contributed by atoms with van der Waals surface area (Å²) in [5.74, 6) is -0.396. The number of nitrogens with one attached hydrogen (secondary N) is 1. The van der Waals surface area contributed by atoms with E-state index < -0.39 is 6.04 Å². The fourth-order valence-corrected chi connectivity index (χ4v) is 3.75. The van der Waals surface area contributed by atoms with Crippen LogP contribution in [0.3, 0.4) is 0 Å². The van der Waals surface area contributed by atoms with E-state index in [0.717, 1.165) is 6.42 Å². The second kappa shape index (κ2) is 10.1. The van der Waals surface area contributed by atoms with Crippen LogP contribution in [-0.4, -0.2) is 53.9 Å². The van der Waals surface area contributed by atoms with Crippen molar-refractivity contribution in [3.05, 3.63) is 70.3 Å². The number of carbonyl (C=O) groups excluding carboxylic acids is 2. The predicted octanol–water partition coefficient (Wildman–Crippen LogP) is 3.09. The number of benzene rings is 2. The Labute approximate surface area is 182 Å². The van der Waals surface area contributed by atoms with E-state index in [-0.39, 0.29) is 28.3 Å². The van der Waals surface area contributed by atoms with Crippen LogP contribution in [0.15, 0.2) is 54.6 Å². The molecule has 3 rings (SSSR count). The number of hydrogen-bond donors (Lipinski definition) is 1. The highest BCUT2D eigenvalue weighted by Crippen LogP contribution is 2.28. The summed E-state index contributed by atoms with van der Waals surface area (Å²) in [5, 5.41) is 14.2. The number of piperazine rings is 1. The Morgan fingerprint density at radius 3 is 2.26 bits per heavy atom. The molecule has 1 aliphatic heterocycles. The summed E-state index contributed by atoms with van der Waals surface area (Å²) >= 11 is 0. The van der Waals surface area contributed by atoms with Crippen molar-refractivity contribution in [2.75, 3.05) is 31.1 Å². The minimum atomic E-state index is -0.615. The van der Waals surface area contributed by atoms with Crippen LogP contribution in [0.25, 0.3) is 0 Å². The first-order valence-electron chi connectivity index (χ1n) is 10.6. The lowest BCUT2D eigenvalue weighted by Crippen LogP contribution is -2.56. The van der Waals surface area contributed by atoms with Crippen LogP contribution in [0.1, 0.15) is 30.6 Å². The molecular weight excluding hydrogens is 396 g/mol. The summed E-state index contributed by atoms with van der Waals surface area (Å²) < 4.78 is 0. The third kappa shape index (κ3) is 5.20. The number of nitro groups is 1.